The number of nitrogens with zero attached hydrogens (tertiary/aromatic N) is 2. The lowest BCUT2D eigenvalue weighted by Gasteiger charge is -2.15. The Hall–Kier alpha value is -3.34. The van der Waals surface area contributed by atoms with Gasteiger partial charge in [-0.25, -0.2) is 4.90 Å². The van der Waals surface area contributed by atoms with E-state index < -0.39 is 16.1 Å². The Morgan fingerprint density at radius 1 is 1.11 bits per heavy atom. The topological polar surface area (TPSA) is 99.0 Å². The molecule has 0 bridgehead atoms. The van der Waals surface area contributed by atoms with Crippen LogP contribution < -0.4 is 14.4 Å². The second-order valence-electron chi connectivity index (χ2n) is 7.47. The van der Waals surface area contributed by atoms with Crippen molar-refractivity contribution < 1.29 is 24.0 Å². The van der Waals surface area contributed by atoms with Gasteiger partial charge in [0.2, 0.25) is 0 Å². The number of anilines is 1. The summed E-state index contributed by atoms with van der Waals surface area (Å²) in [7, 11) is 0. The van der Waals surface area contributed by atoms with E-state index in [-0.39, 0.29) is 17.2 Å². The van der Waals surface area contributed by atoms with Crippen molar-refractivity contribution in [1.82, 2.24) is 0 Å². The van der Waals surface area contributed by atoms with Gasteiger partial charge >= 0.3 is 0 Å². The number of nitro benzene ring substituents is 1. The minimum Gasteiger partial charge on any atom is -0.490 e. The SMILES string of the molecule is CCOc1cc(/C=C2/SC(=O)N(c3cccc(Cl)c3)C2=O)cc(Br)c1OCc1ccc([N+](=O)[O-])cc1. The maximum atomic E-state index is 13.0. The molecule has 1 aliphatic rings. The lowest BCUT2D eigenvalue weighted by Crippen LogP contribution is -2.27. The summed E-state index contributed by atoms with van der Waals surface area (Å²) in [6.45, 7) is 2.36. The van der Waals surface area contributed by atoms with Crippen LogP contribution in [-0.4, -0.2) is 22.7 Å². The quantitative estimate of drug-likeness (QED) is 0.155. The molecule has 8 nitrogen and oxygen atoms in total. The molecule has 0 unspecified atom stereocenters. The first-order chi connectivity index (χ1) is 17.3. The van der Waals surface area contributed by atoms with Crippen LogP contribution in [0.4, 0.5) is 16.2 Å². The third-order valence-corrected chi connectivity index (χ3v) is 6.71. The molecule has 0 radical (unpaired) electrons. The van der Waals surface area contributed by atoms with Crippen molar-refractivity contribution in [3.05, 3.63) is 96.3 Å². The van der Waals surface area contributed by atoms with Crippen LogP contribution in [0.2, 0.25) is 5.02 Å². The molecule has 184 valence electrons. The fraction of sp³-hybridized carbons (Fsp3) is 0.120. The van der Waals surface area contributed by atoms with E-state index in [1.54, 1.807) is 54.6 Å². The molecule has 4 rings (SSSR count). The zero-order valence-corrected chi connectivity index (χ0v) is 21.9. The van der Waals surface area contributed by atoms with Crippen molar-refractivity contribution in [3.8, 4) is 11.5 Å². The molecule has 0 aromatic heterocycles. The summed E-state index contributed by atoms with van der Waals surface area (Å²) in [5, 5.41) is 10.9. The monoisotopic (exact) mass is 588 g/mol. The largest absolute Gasteiger partial charge is 0.490 e. The van der Waals surface area contributed by atoms with E-state index in [1.165, 1.54) is 12.1 Å². The Kier molecular flexibility index (Phi) is 7.97. The number of benzene rings is 3. The van der Waals surface area contributed by atoms with Gasteiger partial charge in [-0.1, -0.05) is 17.7 Å². The van der Waals surface area contributed by atoms with Crippen LogP contribution in [-0.2, 0) is 11.4 Å². The average Bonchev–Trinajstić information content (AvgIpc) is 3.11. The van der Waals surface area contributed by atoms with Gasteiger partial charge in [0.05, 0.1) is 26.6 Å². The molecular formula is C25H18BrClN2O6S. The van der Waals surface area contributed by atoms with Crippen molar-refractivity contribution >= 4 is 67.9 Å². The number of hydrogen-bond acceptors (Lipinski definition) is 7. The van der Waals surface area contributed by atoms with E-state index in [1.807, 2.05) is 6.92 Å². The van der Waals surface area contributed by atoms with Crippen LogP contribution in [0, 0.1) is 10.1 Å². The first-order valence-corrected chi connectivity index (χ1v) is 12.6. The lowest BCUT2D eigenvalue weighted by atomic mass is 10.1. The summed E-state index contributed by atoms with van der Waals surface area (Å²) in [6.07, 6.45) is 1.61. The second-order valence-corrected chi connectivity index (χ2v) is 9.76. The number of imide groups is 1. The summed E-state index contributed by atoms with van der Waals surface area (Å²) in [5.74, 6) is 0.438. The molecule has 0 N–H and O–H groups in total. The van der Waals surface area contributed by atoms with Gasteiger partial charge in [0.25, 0.3) is 16.8 Å². The van der Waals surface area contributed by atoms with Crippen LogP contribution in [0.15, 0.2) is 70.0 Å². The highest BCUT2D eigenvalue weighted by molar-refractivity contribution is 9.10. The highest BCUT2D eigenvalue weighted by Gasteiger charge is 2.36. The van der Waals surface area contributed by atoms with Gasteiger partial charge in [0, 0.05) is 17.2 Å². The number of rotatable bonds is 8. The maximum Gasteiger partial charge on any atom is 0.298 e. The molecule has 3 aromatic rings. The second kappa shape index (κ2) is 11.2. The Labute approximate surface area is 224 Å². The zero-order valence-electron chi connectivity index (χ0n) is 18.8. The molecule has 0 atom stereocenters. The van der Waals surface area contributed by atoms with E-state index in [2.05, 4.69) is 15.9 Å². The third-order valence-electron chi connectivity index (χ3n) is 5.02. The van der Waals surface area contributed by atoms with E-state index in [0.717, 1.165) is 22.2 Å². The fourth-order valence-corrected chi connectivity index (χ4v) is 5.00. The van der Waals surface area contributed by atoms with E-state index in [4.69, 9.17) is 21.1 Å². The predicted molar refractivity (Wildman–Crippen MR) is 143 cm³/mol. The number of thioether (sulfide) groups is 1. The van der Waals surface area contributed by atoms with Gasteiger partial charge in [0.15, 0.2) is 11.5 Å². The molecule has 0 spiro atoms. The summed E-state index contributed by atoms with van der Waals surface area (Å²) < 4.78 is 12.3. The summed E-state index contributed by atoms with van der Waals surface area (Å²) in [5.41, 5.74) is 1.77. The van der Waals surface area contributed by atoms with E-state index in [0.29, 0.717) is 38.9 Å². The van der Waals surface area contributed by atoms with E-state index in [9.17, 15) is 19.7 Å². The number of nitro groups is 1. The molecule has 1 aliphatic heterocycles. The minimum atomic E-state index is -0.461. The van der Waals surface area contributed by atoms with Crippen LogP contribution in [0.3, 0.4) is 0 Å². The molecule has 2 amide bonds. The highest BCUT2D eigenvalue weighted by atomic mass is 79.9. The summed E-state index contributed by atoms with van der Waals surface area (Å²) in [4.78, 5) is 37.3. The maximum absolute atomic E-state index is 13.0. The van der Waals surface area contributed by atoms with Gasteiger partial charge in [0.1, 0.15) is 6.61 Å². The Balaban J connectivity index is 1.57. The van der Waals surface area contributed by atoms with Crippen LogP contribution in [0.25, 0.3) is 6.08 Å². The van der Waals surface area contributed by atoms with Gasteiger partial charge in [-0.3, -0.25) is 19.7 Å². The minimum absolute atomic E-state index is 0.000866. The van der Waals surface area contributed by atoms with Crippen molar-refractivity contribution in [1.29, 1.82) is 0 Å². The normalized spacial score (nSPS) is 14.4. The molecule has 1 saturated heterocycles. The Morgan fingerprint density at radius 2 is 1.86 bits per heavy atom. The van der Waals surface area contributed by atoms with E-state index >= 15 is 0 Å². The van der Waals surface area contributed by atoms with Crippen LogP contribution in [0.1, 0.15) is 18.1 Å². The molecule has 0 aliphatic carbocycles. The van der Waals surface area contributed by atoms with Gasteiger partial charge < -0.3 is 9.47 Å². The number of carbonyl (C=O) groups is 2. The highest BCUT2D eigenvalue weighted by Crippen LogP contribution is 2.40. The number of ether oxygens (including phenoxy) is 2. The molecule has 1 fully saturated rings. The third kappa shape index (κ3) is 5.72. The molecule has 36 heavy (non-hydrogen) atoms. The molecule has 0 saturated carbocycles. The van der Waals surface area contributed by atoms with Crippen molar-refractivity contribution in [3.63, 3.8) is 0 Å². The summed E-state index contributed by atoms with van der Waals surface area (Å²) >= 11 is 10.4. The Morgan fingerprint density at radius 3 is 2.53 bits per heavy atom. The van der Waals surface area contributed by atoms with Crippen molar-refractivity contribution in [2.24, 2.45) is 0 Å². The van der Waals surface area contributed by atoms with Crippen molar-refractivity contribution in [2.75, 3.05) is 11.5 Å². The molecule has 3 aromatic carbocycles. The number of non-ortho nitro benzene ring substituents is 1. The molecule has 1 heterocycles. The first kappa shape index (κ1) is 25.7. The average molecular weight is 590 g/mol. The van der Waals surface area contributed by atoms with Crippen molar-refractivity contribution in [2.45, 2.75) is 13.5 Å². The zero-order chi connectivity index (χ0) is 25.8. The lowest BCUT2D eigenvalue weighted by molar-refractivity contribution is -0.384. The van der Waals surface area contributed by atoms with Crippen LogP contribution in [0.5, 0.6) is 11.5 Å². The molecular weight excluding hydrogens is 572 g/mol. The number of hydrogen-bond donors (Lipinski definition) is 0. The summed E-state index contributed by atoms with van der Waals surface area (Å²) in [6, 6.07) is 16.1. The standard InChI is InChI=1S/C25H18BrClN2O6S/c1-2-34-21-11-16(10-20(26)23(21)35-14-15-6-8-18(9-7-15)29(32)33)12-22-24(30)28(25(31)36-22)19-5-3-4-17(27)13-19/h3-13H,2,14H2,1H3/b22-12+. The number of carbonyl (C=O) groups excluding carboxylic acids is 2. The molecule has 11 heteroatoms. The van der Waals surface area contributed by atoms with Gasteiger partial charge in [-0.15, -0.1) is 0 Å². The number of halogens is 2. The fourth-order valence-electron chi connectivity index (χ4n) is 3.40. The smallest absolute Gasteiger partial charge is 0.298 e. The number of amides is 2. The van der Waals surface area contributed by atoms with Gasteiger partial charge in [-0.05, 0) is 94.3 Å². The first-order valence-electron chi connectivity index (χ1n) is 10.6. The van der Waals surface area contributed by atoms with Crippen LogP contribution >= 0.6 is 39.3 Å². The predicted octanol–water partition coefficient (Wildman–Crippen LogP) is 7.23. The Bertz CT molecular complexity index is 1380. The van der Waals surface area contributed by atoms with Gasteiger partial charge in [-0.2, -0.15) is 0 Å².